The molecule has 0 aromatic carbocycles. The van der Waals surface area contributed by atoms with E-state index in [9.17, 15) is 0 Å². The Morgan fingerprint density at radius 1 is 1.25 bits per heavy atom. The van der Waals surface area contributed by atoms with Crippen molar-refractivity contribution in [3.63, 3.8) is 0 Å². The van der Waals surface area contributed by atoms with E-state index in [1.165, 1.54) is 0 Å². The van der Waals surface area contributed by atoms with E-state index in [0.717, 1.165) is 0 Å². The molecule has 0 rings (SSSR count). The van der Waals surface area contributed by atoms with Crippen molar-refractivity contribution in [2.75, 3.05) is 0 Å². The summed E-state index contributed by atoms with van der Waals surface area (Å²) >= 11 is 0. The second kappa shape index (κ2) is 9.06. The summed E-state index contributed by atoms with van der Waals surface area (Å²) in [7, 11) is 0.417. The molecule has 0 amide bonds. The molecular weight excluding hydrogens is 100.0 g/mol. The van der Waals surface area contributed by atoms with Gasteiger partial charge in [0.2, 0.25) is 0 Å². The Morgan fingerprint density at radius 3 is 1.25 bits per heavy atom. The van der Waals surface area contributed by atoms with Gasteiger partial charge >= 0.3 is 21.7 Å². The quantitative estimate of drug-likeness (QED) is 0.390. The van der Waals surface area contributed by atoms with Crippen molar-refractivity contribution in [1.82, 2.24) is 0 Å². The van der Waals surface area contributed by atoms with Gasteiger partial charge in [0.05, 0.1) is 0 Å². The van der Waals surface area contributed by atoms with Gasteiger partial charge in [-0.25, -0.2) is 0 Å². The summed E-state index contributed by atoms with van der Waals surface area (Å²) in [6, 6.07) is 0. The van der Waals surface area contributed by atoms with E-state index in [1.54, 1.807) is 0 Å². The Balaban J connectivity index is 0. The van der Waals surface area contributed by atoms with E-state index < -0.39 is 0 Å². The first-order valence-corrected chi connectivity index (χ1v) is 4.24. The molecule has 0 heterocycles. The van der Waals surface area contributed by atoms with Gasteiger partial charge in [-0.1, -0.05) is 13.1 Å². The Kier molecular flexibility index (Phi) is 20.1. The summed E-state index contributed by atoms with van der Waals surface area (Å²) in [5, 5.41) is 0. The van der Waals surface area contributed by atoms with Gasteiger partial charge in [0, 0.05) is 9.52 Å². The second-order valence-electron chi connectivity index (χ2n) is 0.707. The zero-order valence-corrected chi connectivity index (χ0v) is 6.18. The summed E-state index contributed by atoms with van der Waals surface area (Å²) in [5.41, 5.74) is 0. The molecule has 20 valence electrons. The third-order valence-corrected chi connectivity index (χ3v) is 0. The molecule has 0 aromatic heterocycles. The van der Waals surface area contributed by atoms with Crippen LogP contribution in [0.4, 0.5) is 0 Å². The van der Waals surface area contributed by atoms with Crippen molar-refractivity contribution in [2.45, 2.75) is 13.1 Å². The van der Waals surface area contributed by atoms with Crippen molar-refractivity contribution >= 4 is 9.52 Å². The van der Waals surface area contributed by atoms with Crippen LogP contribution >= 0.6 is 0 Å². The molecule has 0 aromatic rings. The van der Waals surface area contributed by atoms with Crippen LogP contribution in [0.15, 0.2) is 0 Å². The van der Waals surface area contributed by atoms with E-state index >= 15 is 0 Å². The van der Waals surface area contributed by atoms with Crippen LogP contribution in [0, 0.1) is 0 Å². The molecule has 0 bridgehead atoms. The van der Waals surface area contributed by atoms with Gasteiger partial charge in [-0.15, -0.1) is 0 Å². The Morgan fingerprint density at radius 2 is 1.25 bits per heavy atom. The maximum Gasteiger partial charge on any atom is 4.00 e. The second-order valence-corrected chi connectivity index (χ2v) is 2.12. The SMILES string of the molecule is C[SiH2]C.[Ti+4]. The average Bonchev–Trinajstić information content (AvgIpc) is 0.918. The molecule has 0 N–H and O–H groups in total. The van der Waals surface area contributed by atoms with E-state index in [-0.39, 0.29) is 21.7 Å². The Bertz CT molecular complexity index is 6.00. The summed E-state index contributed by atoms with van der Waals surface area (Å²) in [4.78, 5) is 0. The van der Waals surface area contributed by atoms with Crippen LogP contribution < -0.4 is 0 Å². The first-order chi connectivity index (χ1) is 1.41. The fraction of sp³-hybridized carbons (Fsp3) is 1.00. The Hall–Kier alpha value is 0.931. The first kappa shape index (κ1) is 8.87. The fourth-order valence-corrected chi connectivity index (χ4v) is 0. The van der Waals surface area contributed by atoms with Crippen molar-refractivity contribution < 1.29 is 21.7 Å². The summed E-state index contributed by atoms with van der Waals surface area (Å²) < 4.78 is 0. The maximum absolute atomic E-state index is 2.26. The molecule has 0 atom stereocenters. The molecule has 0 radical (unpaired) electrons. The number of hydrogen-bond donors (Lipinski definition) is 0. The van der Waals surface area contributed by atoms with Crippen molar-refractivity contribution in [1.29, 1.82) is 0 Å². The Labute approximate surface area is 44.7 Å². The first-order valence-electron chi connectivity index (χ1n) is 1.41. The smallest absolute Gasteiger partial charge is 0.0750 e. The van der Waals surface area contributed by atoms with Gasteiger partial charge in [-0.05, 0) is 0 Å². The minimum absolute atomic E-state index is 0. The predicted octanol–water partition coefficient (Wildman–Crippen LogP) is 0.249. The normalized spacial score (nSPS) is 4.50. The van der Waals surface area contributed by atoms with Crippen LogP contribution in [0.2, 0.25) is 13.1 Å². The standard InChI is InChI=1S/C2H8Si.Ti/c1-3-2;/h3H2,1-2H3;/q;+4. The number of hydrogen-bond acceptors (Lipinski definition) is 0. The summed E-state index contributed by atoms with van der Waals surface area (Å²) in [5.74, 6) is 0. The minimum atomic E-state index is 0. The van der Waals surface area contributed by atoms with Gasteiger partial charge in [-0.3, -0.25) is 0 Å². The molecule has 0 aliphatic rings. The van der Waals surface area contributed by atoms with Crippen molar-refractivity contribution in [3.05, 3.63) is 0 Å². The zero-order chi connectivity index (χ0) is 2.71. The van der Waals surface area contributed by atoms with Gasteiger partial charge in [0.25, 0.3) is 0 Å². The molecule has 0 saturated heterocycles. The summed E-state index contributed by atoms with van der Waals surface area (Å²) in [6.07, 6.45) is 0. The molecule has 2 heteroatoms. The third-order valence-electron chi connectivity index (χ3n) is 0. The topological polar surface area (TPSA) is 0 Å². The van der Waals surface area contributed by atoms with Crippen LogP contribution in [0.25, 0.3) is 0 Å². The van der Waals surface area contributed by atoms with Crippen molar-refractivity contribution in [2.24, 2.45) is 0 Å². The number of rotatable bonds is 0. The monoisotopic (exact) mass is 108 g/mol. The maximum atomic E-state index is 2.26. The summed E-state index contributed by atoms with van der Waals surface area (Å²) in [6.45, 7) is 4.53. The van der Waals surface area contributed by atoms with Crippen LogP contribution in [0.3, 0.4) is 0 Å². The largest absolute Gasteiger partial charge is 4.00 e. The van der Waals surface area contributed by atoms with Crippen molar-refractivity contribution in [3.8, 4) is 0 Å². The predicted molar refractivity (Wildman–Crippen MR) is 20.3 cm³/mol. The molecular formula is C2H8SiTi+4. The fourth-order valence-electron chi connectivity index (χ4n) is 0. The molecule has 0 unspecified atom stereocenters. The molecule has 4 heavy (non-hydrogen) atoms. The van der Waals surface area contributed by atoms with E-state index in [4.69, 9.17) is 0 Å². The van der Waals surface area contributed by atoms with E-state index in [2.05, 4.69) is 13.1 Å². The van der Waals surface area contributed by atoms with E-state index in [0.29, 0.717) is 9.52 Å². The van der Waals surface area contributed by atoms with Gasteiger partial charge in [-0.2, -0.15) is 0 Å². The molecule has 0 spiro atoms. The van der Waals surface area contributed by atoms with Crippen LogP contribution in [0.1, 0.15) is 0 Å². The molecule has 0 fully saturated rings. The van der Waals surface area contributed by atoms with Crippen LogP contribution in [-0.2, 0) is 21.7 Å². The molecule has 0 aliphatic carbocycles. The van der Waals surface area contributed by atoms with Crippen LogP contribution in [0.5, 0.6) is 0 Å². The van der Waals surface area contributed by atoms with Gasteiger partial charge < -0.3 is 0 Å². The van der Waals surface area contributed by atoms with E-state index in [1.807, 2.05) is 0 Å². The molecule has 0 nitrogen and oxygen atoms in total. The van der Waals surface area contributed by atoms with Gasteiger partial charge in [0.1, 0.15) is 0 Å². The third kappa shape index (κ3) is 12.6. The molecule has 0 aliphatic heterocycles. The minimum Gasteiger partial charge on any atom is -0.0750 e. The van der Waals surface area contributed by atoms with Gasteiger partial charge in [0.15, 0.2) is 0 Å². The molecule has 0 saturated carbocycles. The van der Waals surface area contributed by atoms with Crippen LogP contribution in [-0.4, -0.2) is 9.52 Å². The zero-order valence-electron chi connectivity index (χ0n) is 3.21. The average molecular weight is 108 g/mol.